The number of allylic oxidation sites excluding steroid dienone is 1. The number of carbonyl (C=O) groups excluding carboxylic acids is 1. The minimum absolute atomic E-state index is 0.214. The number of aliphatic imine (C=N–C) groups is 1. The average molecular weight is 231 g/mol. The molecular weight excluding hydrogens is 216 g/mol. The molecule has 0 radical (unpaired) electrons. The molecule has 0 fully saturated rings. The molecule has 0 saturated carbocycles. The van der Waals surface area contributed by atoms with Gasteiger partial charge >= 0.3 is 5.37 Å². The van der Waals surface area contributed by atoms with E-state index in [4.69, 9.17) is 16.3 Å². The molecule has 0 aromatic carbocycles. The topological polar surface area (TPSA) is 50.7 Å². The number of hydrogen-bond donors (Lipinski definition) is 1. The Bertz CT molecular complexity index is 277. The molecule has 0 spiro atoms. The summed E-state index contributed by atoms with van der Waals surface area (Å²) < 4.78 is 5.18. The lowest BCUT2D eigenvalue weighted by Crippen LogP contribution is -2.21. The molecule has 0 heterocycles. The number of amides is 1. The molecule has 4 nitrogen and oxygen atoms in total. The normalized spacial score (nSPS) is 23.1. The van der Waals surface area contributed by atoms with Gasteiger partial charge in [-0.05, 0) is 30.5 Å². The number of methoxy groups -OCH3 is 1. The van der Waals surface area contributed by atoms with Crippen molar-refractivity contribution < 1.29 is 9.53 Å². The Labute approximate surface area is 94.4 Å². The minimum Gasteiger partial charge on any atom is -0.377 e. The van der Waals surface area contributed by atoms with Crippen molar-refractivity contribution in [2.24, 2.45) is 4.99 Å². The molecule has 1 amide bonds. The Morgan fingerprint density at radius 2 is 2.60 bits per heavy atom. The van der Waals surface area contributed by atoms with Crippen LogP contribution in [-0.2, 0) is 4.74 Å². The van der Waals surface area contributed by atoms with E-state index in [1.54, 1.807) is 7.11 Å². The van der Waals surface area contributed by atoms with Gasteiger partial charge in [0.1, 0.15) is 0 Å². The first-order chi connectivity index (χ1) is 7.22. The third kappa shape index (κ3) is 4.95. The molecule has 0 aromatic rings. The summed E-state index contributed by atoms with van der Waals surface area (Å²) in [5.41, 5.74) is 1.05. The number of ether oxygens (including phenoxy) is 1. The molecule has 1 N–H and O–H groups in total. The summed E-state index contributed by atoms with van der Waals surface area (Å²) in [6.45, 7) is 1.04. The number of rotatable bonds is 4. The molecule has 0 aromatic heterocycles. The van der Waals surface area contributed by atoms with Gasteiger partial charge in [0.05, 0.1) is 12.6 Å². The summed E-state index contributed by atoms with van der Waals surface area (Å²) in [5.74, 6) is 0. The zero-order valence-electron chi connectivity index (χ0n) is 8.70. The van der Waals surface area contributed by atoms with E-state index in [0.717, 1.165) is 18.6 Å². The monoisotopic (exact) mass is 230 g/mol. The lowest BCUT2D eigenvalue weighted by molar-refractivity contribution is 0.134. The molecule has 0 bridgehead atoms. The first kappa shape index (κ1) is 12.2. The summed E-state index contributed by atoms with van der Waals surface area (Å²) in [4.78, 5) is 14.7. The Balaban J connectivity index is 2.26. The van der Waals surface area contributed by atoms with Crippen molar-refractivity contribution in [1.29, 1.82) is 0 Å². The average Bonchev–Trinajstić information content (AvgIpc) is 2.25. The van der Waals surface area contributed by atoms with E-state index < -0.39 is 5.37 Å². The van der Waals surface area contributed by atoms with Crippen LogP contribution in [-0.4, -0.2) is 37.4 Å². The van der Waals surface area contributed by atoms with Crippen LogP contribution in [0.4, 0.5) is 4.79 Å². The van der Waals surface area contributed by atoms with Crippen molar-refractivity contribution in [3.8, 4) is 0 Å². The van der Waals surface area contributed by atoms with Crippen LogP contribution >= 0.6 is 11.6 Å². The fourth-order valence-electron chi connectivity index (χ4n) is 1.37. The summed E-state index contributed by atoms with van der Waals surface area (Å²) in [6, 6.07) is 0. The second kappa shape index (κ2) is 6.58. The molecule has 15 heavy (non-hydrogen) atoms. The summed E-state index contributed by atoms with van der Waals surface area (Å²) >= 11 is 5.11. The Kier molecular flexibility index (Phi) is 5.36. The van der Waals surface area contributed by atoms with Gasteiger partial charge < -0.3 is 10.1 Å². The zero-order chi connectivity index (χ0) is 11.1. The lowest BCUT2D eigenvalue weighted by atomic mass is 10.0. The summed E-state index contributed by atoms with van der Waals surface area (Å²) in [7, 11) is 1.70. The standard InChI is InChI=1S/C10H15ClN2O2/c1-15-9-4-2-8(3-5-9)12-6-7-13-10(11)14/h2,4,9H,3,5-7H2,1H3,(H,13,14). The Morgan fingerprint density at radius 3 is 3.13 bits per heavy atom. The summed E-state index contributed by atoms with van der Waals surface area (Å²) in [6.07, 6.45) is 6.08. The van der Waals surface area contributed by atoms with Crippen molar-refractivity contribution in [2.45, 2.75) is 18.9 Å². The van der Waals surface area contributed by atoms with Crippen LogP contribution < -0.4 is 5.32 Å². The van der Waals surface area contributed by atoms with E-state index >= 15 is 0 Å². The maximum absolute atomic E-state index is 10.4. The van der Waals surface area contributed by atoms with E-state index in [2.05, 4.69) is 10.3 Å². The molecule has 0 aliphatic heterocycles. The van der Waals surface area contributed by atoms with E-state index in [1.165, 1.54) is 0 Å². The highest BCUT2D eigenvalue weighted by atomic mass is 35.5. The maximum Gasteiger partial charge on any atom is 0.313 e. The van der Waals surface area contributed by atoms with Gasteiger partial charge in [0.25, 0.3) is 0 Å². The molecule has 1 aliphatic rings. The Morgan fingerprint density at radius 1 is 1.80 bits per heavy atom. The van der Waals surface area contributed by atoms with E-state index in [-0.39, 0.29) is 6.10 Å². The number of hydrogen-bond acceptors (Lipinski definition) is 3. The number of carbonyl (C=O) groups is 1. The first-order valence-corrected chi connectivity index (χ1v) is 5.28. The molecule has 1 atom stereocenters. The van der Waals surface area contributed by atoms with Gasteiger partial charge in [0.15, 0.2) is 0 Å². The maximum atomic E-state index is 10.4. The van der Waals surface area contributed by atoms with Crippen LogP contribution in [0, 0.1) is 0 Å². The second-order valence-electron chi connectivity index (χ2n) is 3.25. The van der Waals surface area contributed by atoms with Crippen LogP contribution in [0.5, 0.6) is 0 Å². The van der Waals surface area contributed by atoms with Crippen molar-refractivity contribution in [3.63, 3.8) is 0 Å². The predicted molar refractivity (Wildman–Crippen MR) is 60.7 cm³/mol. The molecule has 84 valence electrons. The van der Waals surface area contributed by atoms with Gasteiger partial charge in [-0.1, -0.05) is 6.08 Å². The van der Waals surface area contributed by atoms with E-state index in [0.29, 0.717) is 13.1 Å². The molecule has 5 heteroatoms. The third-order valence-corrected chi connectivity index (χ3v) is 2.32. The highest BCUT2D eigenvalue weighted by molar-refractivity contribution is 6.62. The summed E-state index contributed by atoms with van der Waals surface area (Å²) in [5, 5.41) is 1.94. The fourth-order valence-corrected chi connectivity index (χ4v) is 1.46. The van der Waals surface area contributed by atoms with Crippen LogP contribution in [0.2, 0.25) is 0 Å². The minimum atomic E-state index is -0.533. The molecular formula is C10H15ClN2O2. The third-order valence-electron chi connectivity index (χ3n) is 2.18. The van der Waals surface area contributed by atoms with E-state index in [1.807, 2.05) is 12.2 Å². The van der Waals surface area contributed by atoms with Crippen molar-refractivity contribution >= 4 is 22.7 Å². The van der Waals surface area contributed by atoms with E-state index in [9.17, 15) is 4.79 Å². The lowest BCUT2D eigenvalue weighted by Gasteiger charge is -2.15. The largest absolute Gasteiger partial charge is 0.377 e. The van der Waals surface area contributed by atoms with Gasteiger partial charge in [-0.15, -0.1) is 0 Å². The number of nitrogens with zero attached hydrogens (tertiary/aromatic N) is 1. The molecule has 0 saturated heterocycles. The molecule has 1 aliphatic carbocycles. The van der Waals surface area contributed by atoms with Crippen molar-refractivity contribution in [2.75, 3.05) is 20.2 Å². The first-order valence-electron chi connectivity index (χ1n) is 4.90. The number of halogens is 1. The van der Waals surface area contributed by atoms with Crippen LogP contribution in [0.3, 0.4) is 0 Å². The van der Waals surface area contributed by atoms with Crippen LogP contribution in [0.15, 0.2) is 17.1 Å². The fraction of sp³-hybridized carbons (Fsp3) is 0.600. The van der Waals surface area contributed by atoms with Gasteiger partial charge in [-0.2, -0.15) is 0 Å². The molecule has 1 rings (SSSR count). The highest BCUT2D eigenvalue weighted by Crippen LogP contribution is 2.11. The van der Waals surface area contributed by atoms with Gasteiger partial charge in [-0.3, -0.25) is 9.79 Å². The van der Waals surface area contributed by atoms with Gasteiger partial charge in [0, 0.05) is 19.4 Å². The van der Waals surface area contributed by atoms with Crippen LogP contribution in [0.1, 0.15) is 12.8 Å². The second-order valence-corrected chi connectivity index (χ2v) is 3.59. The predicted octanol–water partition coefficient (Wildman–Crippen LogP) is 1.74. The number of nitrogens with one attached hydrogen (secondary N) is 1. The Hall–Kier alpha value is -0.870. The van der Waals surface area contributed by atoms with Crippen molar-refractivity contribution in [3.05, 3.63) is 12.2 Å². The molecule has 1 unspecified atom stereocenters. The van der Waals surface area contributed by atoms with Gasteiger partial charge in [-0.25, -0.2) is 0 Å². The zero-order valence-corrected chi connectivity index (χ0v) is 9.46. The van der Waals surface area contributed by atoms with Crippen LogP contribution in [0.25, 0.3) is 0 Å². The van der Waals surface area contributed by atoms with Crippen molar-refractivity contribution in [1.82, 2.24) is 5.32 Å². The SMILES string of the molecule is COC1C=CC(=NCCNC(=O)Cl)CC1. The quantitative estimate of drug-likeness (QED) is 0.454. The van der Waals surface area contributed by atoms with Gasteiger partial charge in [0.2, 0.25) is 0 Å². The highest BCUT2D eigenvalue weighted by Gasteiger charge is 2.09. The smallest absolute Gasteiger partial charge is 0.313 e.